The average molecular weight is 200 g/mol. The molecule has 1 aromatic carbocycles. The van der Waals surface area contributed by atoms with Gasteiger partial charge < -0.3 is 0 Å². The molecule has 0 amide bonds. The summed E-state index contributed by atoms with van der Waals surface area (Å²) >= 11 is 0. The summed E-state index contributed by atoms with van der Waals surface area (Å²) < 4.78 is 0. The third kappa shape index (κ3) is 3.50. The second-order valence-electron chi connectivity index (χ2n) is 4.24. The van der Waals surface area contributed by atoms with Crippen LogP contribution in [0.1, 0.15) is 37.7 Å². The number of rotatable bonds is 3. The predicted octanol–water partition coefficient (Wildman–Crippen LogP) is 3.51. The zero-order chi connectivity index (χ0) is 10.3. The van der Waals surface area contributed by atoms with Gasteiger partial charge in [0.1, 0.15) is 0 Å². The van der Waals surface area contributed by atoms with E-state index in [9.17, 15) is 0 Å². The normalized spacial score (nSPS) is 18.4. The maximum absolute atomic E-state index is 4.53. The lowest BCUT2D eigenvalue weighted by Crippen LogP contribution is -2.09. The summed E-state index contributed by atoms with van der Waals surface area (Å²) in [7, 11) is 0. The summed E-state index contributed by atoms with van der Waals surface area (Å²) in [6.07, 6.45) is 10.7. The number of aliphatic imine (C=N–C) groups is 1. The van der Waals surface area contributed by atoms with Crippen molar-refractivity contribution in [2.75, 3.05) is 0 Å². The van der Waals surface area contributed by atoms with Gasteiger partial charge >= 0.3 is 0 Å². The van der Waals surface area contributed by atoms with E-state index in [1.165, 1.54) is 37.7 Å². The lowest BCUT2D eigenvalue weighted by atomic mass is 9.96. The molecular weight excluding hydrogens is 182 g/mol. The molecule has 1 heteroatoms. The molecule has 0 unspecified atom stereocenters. The topological polar surface area (TPSA) is 12.4 Å². The molecule has 1 radical (unpaired) electrons. The van der Waals surface area contributed by atoms with Crippen molar-refractivity contribution in [3.05, 3.63) is 35.9 Å². The SMILES string of the molecule is [C](Cc1ccccc1)=NC1CCCCC1. The first kappa shape index (κ1) is 10.4. The number of hydrogen-bond acceptors (Lipinski definition) is 1. The molecule has 1 aromatic rings. The van der Waals surface area contributed by atoms with Gasteiger partial charge in [-0.2, -0.15) is 0 Å². The molecule has 1 aliphatic rings. The van der Waals surface area contributed by atoms with E-state index in [0.717, 1.165) is 6.42 Å². The van der Waals surface area contributed by atoms with Crippen LogP contribution >= 0.6 is 0 Å². The molecule has 0 atom stereocenters. The van der Waals surface area contributed by atoms with Crippen molar-refractivity contribution in [2.45, 2.75) is 44.6 Å². The fourth-order valence-corrected chi connectivity index (χ4v) is 2.07. The van der Waals surface area contributed by atoms with Crippen LogP contribution in [0.3, 0.4) is 0 Å². The maximum atomic E-state index is 4.53. The largest absolute Gasteiger partial charge is 0.284 e. The number of benzene rings is 1. The van der Waals surface area contributed by atoms with Crippen molar-refractivity contribution in [1.29, 1.82) is 0 Å². The highest BCUT2D eigenvalue weighted by atomic mass is 14.8. The van der Waals surface area contributed by atoms with Crippen molar-refractivity contribution in [3.8, 4) is 0 Å². The van der Waals surface area contributed by atoms with Gasteiger partial charge in [-0.3, -0.25) is 4.99 Å². The second-order valence-corrected chi connectivity index (χ2v) is 4.24. The molecule has 0 aliphatic heterocycles. The molecule has 1 saturated carbocycles. The Morgan fingerprint density at radius 1 is 1.07 bits per heavy atom. The van der Waals surface area contributed by atoms with Gasteiger partial charge in [0.05, 0.1) is 12.3 Å². The van der Waals surface area contributed by atoms with Crippen molar-refractivity contribution in [1.82, 2.24) is 0 Å². The van der Waals surface area contributed by atoms with E-state index in [1.807, 2.05) is 6.07 Å². The Kier molecular flexibility index (Phi) is 3.95. The average Bonchev–Trinajstić information content (AvgIpc) is 2.32. The highest BCUT2D eigenvalue weighted by Gasteiger charge is 2.10. The molecule has 0 aromatic heterocycles. The summed E-state index contributed by atoms with van der Waals surface area (Å²) in [5, 5.41) is 0. The van der Waals surface area contributed by atoms with Crippen molar-refractivity contribution in [2.24, 2.45) is 4.99 Å². The third-order valence-corrected chi connectivity index (χ3v) is 2.97. The zero-order valence-corrected chi connectivity index (χ0v) is 9.15. The first-order chi connectivity index (χ1) is 7.45. The van der Waals surface area contributed by atoms with E-state index in [2.05, 4.69) is 35.5 Å². The van der Waals surface area contributed by atoms with Crippen LogP contribution in [0.15, 0.2) is 35.3 Å². The summed E-state index contributed by atoms with van der Waals surface area (Å²) in [4.78, 5) is 4.53. The van der Waals surface area contributed by atoms with Crippen molar-refractivity contribution in [3.63, 3.8) is 0 Å². The second kappa shape index (κ2) is 5.69. The Hall–Kier alpha value is -1.11. The Labute approximate surface area is 92.2 Å². The Morgan fingerprint density at radius 3 is 2.53 bits per heavy atom. The predicted molar refractivity (Wildman–Crippen MR) is 64.5 cm³/mol. The smallest absolute Gasteiger partial charge is 0.0609 e. The minimum atomic E-state index is 0.558. The van der Waals surface area contributed by atoms with Crippen LogP contribution in [-0.2, 0) is 6.42 Å². The molecule has 79 valence electrons. The molecule has 1 aliphatic carbocycles. The molecule has 0 N–H and O–H groups in total. The molecule has 1 nitrogen and oxygen atoms in total. The van der Waals surface area contributed by atoms with Crippen LogP contribution in [0.25, 0.3) is 0 Å². The van der Waals surface area contributed by atoms with Crippen molar-refractivity contribution >= 4 is 6.21 Å². The van der Waals surface area contributed by atoms with E-state index in [0.29, 0.717) is 6.04 Å². The summed E-state index contributed by atoms with van der Waals surface area (Å²) in [5.74, 6) is 0. The van der Waals surface area contributed by atoms with Gasteiger partial charge in [0, 0.05) is 6.42 Å². The summed E-state index contributed by atoms with van der Waals surface area (Å²) in [6, 6.07) is 11.0. The molecular formula is C14H18N. The highest BCUT2D eigenvalue weighted by Crippen LogP contribution is 2.19. The van der Waals surface area contributed by atoms with Crippen LogP contribution in [0, 0.1) is 0 Å². The standard InChI is InChI=1S/C14H18N/c1-3-7-13(8-4-1)11-12-15-14-9-5-2-6-10-14/h1,3-4,7-8,14H,2,5-6,9-11H2. The molecule has 0 saturated heterocycles. The van der Waals surface area contributed by atoms with Crippen LogP contribution < -0.4 is 0 Å². The molecule has 0 bridgehead atoms. The van der Waals surface area contributed by atoms with E-state index in [4.69, 9.17) is 0 Å². The van der Waals surface area contributed by atoms with E-state index < -0.39 is 0 Å². The lowest BCUT2D eigenvalue weighted by molar-refractivity contribution is 0.444. The maximum Gasteiger partial charge on any atom is 0.0609 e. The fraction of sp³-hybridized carbons (Fsp3) is 0.500. The Balaban J connectivity index is 1.79. The summed E-state index contributed by atoms with van der Waals surface area (Å²) in [6.45, 7) is 0. The first-order valence-electron chi connectivity index (χ1n) is 5.92. The van der Waals surface area contributed by atoms with E-state index in [-0.39, 0.29) is 0 Å². The fourth-order valence-electron chi connectivity index (χ4n) is 2.07. The minimum absolute atomic E-state index is 0.558. The lowest BCUT2D eigenvalue weighted by Gasteiger charge is -2.16. The van der Waals surface area contributed by atoms with Gasteiger partial charge in [-0.15, -0.1) is 0 Å². The molecule has 1 fully saturated rings. The van der Waals surface area contributed by atoms with Gasteiger partial charge in [0.15, 0.2) is 0 Å². The molecule has 15 heavy (non-hydrogen) atoms. The van der Waals surface area contributed by atoms with Gasteiger partial charge in [-0.05, 0) is 18.4 Å². The zero-order valence-electron chi connectivity index (χ0n) is 9.15. The summed E-state index contributed by atoms with van der Waals surface area (Å²) in [5.41, 5.74) is 1.30. The number of nitrogens with zero attached hydrogens (tertiary/aromatic N) is 1. The van der Waals surface area contributed by atoms with E-state index >= 15 is 0 Å². The van der Waals surface area contributed by atoms with Gasteiger partial charge in [0.2, 0.25) is 0 Å². The van der Waals surface area contributed by atoms with E-state index in [1.54, 1.807) is 0 Å². The Morgan fingerprint density at radius 2 is 1.80 bits per heavy atom. The van der Waals surface area contributed by atoms with Crippen LogP contribution in [0.4, 0.5) is 0 Å². The number of hydrogen-bond donors (Lipinski definition) is 0. The minimum Gasteiger partial charge on any atom is -0.284 e. The van der Waals surface area contributed by atoms with Gasteiger partial charge in [-0.1, -0.05) is 49.6 Å². The van der Waals surface area contributed by atoms with Crippen LogP contribution in [0.2, 0.25) is 0 Å². The van der Waals surface area contributed by atoms with Gasteiger partial charge in [-0.25, -0.2) is 0 Å². The monoisotopic (exact) mass is 200 g/mol. The quantitative estimate of drug-likeness (QED) is 0.662. The van der Waals surface area contributed by atoms with Gasteiger partial charge in [0.25, 0.3) is 0 Å². The molecule has 0 spiro atoms. The molecule has 2 rings (SSSR count). The Bertz CT molecular complexity index is 296. The third-order valence-electron chi connectivity index (χ3n) is 2.97. The van der Waals surface area contributed by atoms with Crippen LogP contribution in [-0.4, -0.2) is 12.3 Å². The van der Waals surface area contributed by atoms with Crippen molar-refractivity contribution < 1.29 is 0 Å². The van der Waals surface area contributed by atoms with Crippen LogP contribution in [0.5, 0.6) is 0 Å². The highest BCUT2D eigenvalue weighted by molar-refractivity contribution is 5.61. The molecule has 0 heterocycles. The first-order valence-corrected chi connectivity index (χ1v) is 5.92.